The minimum atomic E-state index is -0.424. The van der Waals surface area contributed by atoms with Gasteiger partial charge in [0.25, 0.3) is 0 Å². The molecule has 2 atom stereocenters. The molecule has 2 aliphatic rings. The average molecular weight is 489 g/mol. The summed E-state index contributed by atoms with van der Waals surface area (Å²) < 4.78 is 5.74. The molecule has 0 saturated carbocycles. The summed E-state index contributed by atoms with van der Waals surface area (Å²) in [4.78, 5) is 20.1. The molecule has 0 radical (unpaired) electrons. The number of β-amino-alcohol motifs (C(OH)–C–C–N with tert-alkyl or cyclic N) is 1. The van der Waals surface area contributed by atoms with Gasteiger partial charge in [0.2, 0.25) is 0 Å². The number of thiazole rings is 1. The van der Waals surface area contributed by atoms with Crippen LogP contribution in [0.25, 0.3) is 21.0 Å². The molecule has 2 heterocycles. The van der Waals surface area contributed by atoms with Gasteiger partial charge in [-0.2, -0.15) is 5.26 Å². The Morgan fingerprint density at radius 3 is 2.91 bits per heavy atom. The molecule has 0 spiro atoms. The Morgan fingerprint density at radius 1 is 1.31 bits per heavy atom. The number of fused-ring (bicyclic) bond motifs is 1. The van der Waals surface area contributed by atoms with Gasteiger partial charge in [-0.25, -0.2) is 9.78 Å². The van der Waals surface area contributed by atoms with Crippen LogP contribution in [0.15, 0.2) is 42.6 Å². The average Bonchev–Trinajstić information content (AvgIpc) is 3.59. The van der Waals surface area contributed by atoms with Crippen LogP contribution in [0.2, 0.25) is 0 Å². The number of urea groups is 1. The number of benzene rings is 2. The second-order valence-corrected chi connectivity index (χ2v) is 10.4. The molecular weight excluding hydrogens is 460 g/mol. The molecule has 1 aliphatic carbocycles. The lowest BCUT2D eigenvalue weighted by molar-refractivity contribution is 0.170. The molecule has 0 unspecified atom stereocenters. The topological polar surface area (TPSA) is 98.5 Å². The highest BCUT2D eigenvalue weighted by molar-refractivity contribution is 7.18. The lowest BCUT2D eigenvalue weighted by Crippen LogP contribution is -2.40. The molecule has 180 valence electrons. The van der Waals surface area contributed by atoms with Crippen LogP contribution in [0.3, 0.4) is 0 Å². The van der Waals surface area contributed by atoms with Gasteiger partial charge in [0.05, 0.1) is 28.7 Å². The smallest absolute Gasteiger partial charge is 0.317 e. The van der Waals surface area contributed by atoms with Crippen molar-refractivity contribution in [2.45, 2.75) is 51.4 Å². The van der Waals surface area contributed by atoms with Crippen molar-refractivity contribution < 1.29 is 14.6 Å². The molecule has 2 N–H and O–H groups in total. The van der Waals surface area contributed by atoms with E-state index < -0.39 is 6.10 Å². The molecule has 1 aromatic heterocycles. The number of carbonyl (C=O) groups is 1. The number of aromatic nitrogens is 1. The third-order valence-corrected chi connectivity index (χ3v) is 7.58. The number of ether oxygens (including phenoxy) is 1. The maximum Gasteiger partial charge on any atom is 0.317 e. The summed E-state index contributed by atoms with van der Waals surface area (Å²) in [6.45, 7) is 4.86. The Morgan fingerprint density at radius 2 is 2.17 bits per heavy atom. The molecule has 1 aliphatic heterocycles. The standard InChI is InChI=1S/C27H28N4O3S/c1-16(2)34-24-9-6-17(12-18(24)13-28)26-29-14-25(35-26)22-5-3-4-21-20(22)7-8-23(21)30-27(33)31-11-10-19(32)15-31/h3-6,9,12,14,16,19,23,32H,7-8,10-11,15H2,1-2H3,(H,30,33)/t19-,23+/m0/s1. The second-order valence-electron chi connectivity index (χ2n) is 9.32. The van der Waals surface area contributed by atoms with Crippen LogP contribution < -0.4 is 10.1 Å². The Kier molecular flexibility index (Phi) is 6.46. The molecule has 8 heteroatoms. The molecule has 0 bridgehead atoms. The van der Waals surface area contributed by atoms with Crippen LogP contribution in [-0.2, 0) is 6.42 Å². The fourth-order valence-corrected chi connectivity index (χ4v) is 5.81. The zero-order chi connectivity index (χ0) is 24.5. The Hall–Kier alpha value is -3.41. The summed E-state index contributed by atoms with van der Waals surface area (Å²) in [5, 5.41) is 23.3. The zero-order valence-electron chi connectivity index (χ0n) is 19.8. The Bertz CT molecular complexity index is 1300. The van der Waals surface area contributed by atoms with Crippen molar-refractivity contribution in [3.63, 3.8) is 0 Å². The number of rotatable bonds is 5. The summed E-state index contributed by atoms with van der Waals surface area (Å²) >= 11 is 1.60. The highest BCUT2D eigenvalue weighted by atomic mass is 32.1. The van der Waals surface area contributed by atoms with Gasteiger partial charge in [0.15, 0.2) is 0 Å². The van der Waals surface area contributed by atoms with Crippen LogP contribution in [-0.4, -0.2) is 46.3 Å². The number of likely N-dealkylation sites (tertiary alicyclic amines) is 1. The van der Waals surface area contributed by atoms with E-state index in [-0.39, 0.29) is 18.2 Å². The summed E-state index contributed by atoms with van der Waals surface area (Å²) in [7, 11) is 0. The van der Waals surface area contributed by atoms with Crippen molar-refractivity contribution in [2.75, 3.05) is 13.1 Å². The maximum absolute atomic E-state index is 12.7. The number of amides is 2. The van der Waals surface area contributed by atoms with Crippen LogP contribution in [0.1, 0.15) is 49.4 Å². The Labute approximate surface area is 209 Å². The van der Waals surface area contributed by atoms with Gasteiger partial charge < -0.3 is 20.1 Å². The first-order valence-electron chi connectivity index (χ1n) is 12.0. The third kappa shape index (κ3) is 4.75. The molecule has 1 fully saturated rings. The minimum Gasteiger partial charge on any atom is -0.490 e. The number of hydrogen-bond donors (Lipinski definition) is 2. The van der Waals surface area contributed by atoms with Gasteiger partial charge in [0, 0.05) is 24.8 Å². The quantitative estimate of drug-likeness (QED) is 0.532. The molecule has 7 nitrogen and oxygen atoms in total. The largest absolute Gasteiger partial charge is 0.490 e. The fraction of sp³-hybridized carbons (Fsp3) is 0.370. The number of nitrogens with one attached hydrogen (secondary N) is 1. The molecule has 1 saturated heterocycles. The van der Waals surface area contributed by atoms with Crippen molar-refractivity contribution in [1.29, 1.82) is 5.26 Å². The minimum absolute atomic E-state index is 0.00449. The van der Waals surface area contributed by atoms with E-state index in [0.717, 1.165) is 39.4 Å². The Balaban J connectivity index is 1.37. The number of nitriles is 1. The van der Waals surface area contributed by atoms with E-state index >= 15 is 0 Å². The maximum atomic E-state index is 12.7. The van der Waals surface area contributed by atoms with Crippen LogP contribution in [0, 0.1) is 11.3 Å². The summed E-state index contributed by atoms with van der Waals surface area (Å²) in [5.74, 6) is 0.584. The van der Waals surface area contributed by atoms with Gasteiger partial charge in [-0.15, -0.1) is 11.3 Å². The second kappa shape index (κ2) is 9.68. The van der Waals surface area contributed by atoms with Crippen LogP contribution >= 0.6 is 11.3 Å². The molecule has 2 amide bonds. The normalized spacial score (nSPS) is 19.0. The predicted octanol–water partition coefficient (Wildman–Crippen LogP) is 4.90. The van der Waals surface area contributed by atoms with Crippen molar-refractivity contribution in [2.24, 2.45) is 0 Å². The third-order valence-electron chi connectivity index (χ3n) is 6.50. The van der Waals surface area contributed by atoms with E-state index in [2.05, 4.69) is 28.5 Å². The van der Waals surface area contributed by atoms with Gasteiger partial charge in [-0.1, -0.05) is 18.2 Å². The zero-order valence-corrected chi connectivity index (χ0v) is 20.6. The van der Waals surface area contributed by atoms with E-state index in [0.29, 0.717) is 30.8 Å². The molecule has 5 rings (SSSR count). The number of nitrogens with zero attached hydrogens (tertiary/aromatic N) is 3. The molecular formula is C27H28N4O3S. The SMILES string of the molecule is CC(C)Oc1ccc(-c2ncc(-c3cccc4c3CC[C@H]4NC(=O)N3CC[C@H](O)C3)s2)cc1C#N. The first-order valence-corrected chi connectivity index (χ1v) is 12.8. The van der Waals surface area contributed by atoms with E-state index in [1.807, 2.05) is 44.3 Å². The van der Waals surface area contributed by atoms with E-state index in [4.69, 9.17) is 4.74 Å². The van der Waals surface area contributed by atoms with E-state index in [1.54, 1.807) is 16.2 Å². The van der Waals surface area contributed by atoms with Crippen molar-refractivity contribution in [3.8, 4) is 32.8 Å². The monoisotopic (exact) mass is 488 g/mol. The van der Waals surface area contributed by atoms with Crippen molar-refractivity contribution >= 4 is 17.4 Å². The number of carbonyl (C=O) groups excluding carboxylic acids is 1. The van der Waals surface area contributed by atoms with Crippen molar-refractivity contribution in [3.05, 3.63) is 59.3 Å². The first kappa shape index (κ1) is 23.3. The molecule has 2 aromatic carbocycles. The lowest BCUT2D eigenvalue weighted by atomic mass is 10.0. The number of aliphatic hydroxyl groups is 1. The van der Waals surface area contributed by atoms with Crippen LogP contribution in [0.5, 0.6) is 5.75 Å². The van der Waals surface area contributed by atoms with Gasteiger partial charge >= 0.3 is 6.03 Å². The predicted molar refractivity (Wildman–Crippen MR) is 135 cm³/mol. The number of aliphatic hydroxyl groups excluding tert-OH is 1. The molecule has 3 aromatic rings. The van der Waals surface area contributed by atoms with E-state index in [9.17, 15) is 15.2 Å². The van der Waals surface area contributed by atoms with Gasteiger partial charge in [0.1, 0.15) is 16.8 Å². The van der Waals surface area contributed by atoms with Crippen LogP contribution in [0.4, 0.5) is 4.79 Å². The summed E-state index contributed by atoms with van der Waals surface area (Å²) in [5.41, 5.74) is 4.91. The number of hydrogen-bond acceptors (Lipinski definition) is 6. The fourth-order valence-electron chi connectivity index (χ4n) is 4.84. The van der Waals surface area contributed by atoms with Crippen molar-refractivity contribution in [1.82, 2.24) is 15.2 Å². The summed E-state index contributed by atoms with van der Waals surface area (Å²) in [6, 6.07) is 13.9. The van der Waals surface area contributed by atoms with E-state index in [1.165, 1.54) is 5.56 Å². The molecule has 35 heavy (non-hydrogen) atoms. The summed E-state index contributed by atoms with van der Waals surface area (Å²) in [6.07, 6.45) is 3.82. The lowest BCUT2D eigenvalue weighted by Gasteiger charge is -2.21. The van der Waals surface area contributed by atoms with Gasteiger partial charge in [-0.3, -0.25) is 0 Å². The highest BCUT2D eigenvalue weighted by Gasteiger charge is 2.30. The first-order chi connectivity index (χ1) is 16.9. The van der Waals surface area contributed by atoms with Gasteiger partial charge in [-0.05, 0) is 68.0 Å². The highest BCUT2D eigenvalue weighted by Crippen LogP contribution is 2.41.